The number of carbonyl (C=O) groups excluding carboxylic acids is 1. The second kappa shape index (κ2) is 4.75. The summed E-state index contributed by atoms with van der Waals surface area (Å²) in [5, 5.41) is 19.4. The minimum atomic E-state index is -1.60. The van der Waals surface area contributed by atoms with Crippen molar-refractivity contribution >= 4 is 17.0 Å². The summed E-state index contributed by atoms with van der Waals surface area (Å²) in [6.45, 7) is 1.82. The Hall–Kier alpha value is -1.92. The number of aromatic nitrogens is 2. The van der Waals surface area contributed by atoms with Gasteiger partial charge in [0.15, 0.2) is 6.10 Å². The first-order valence-electron chi connectivity index (χ1n) is 5.43. The van der Waals surface area contributed by atoms with Gasteiger partial charge in [-0.2, -0.15) is 0 Å². The van der Waals surface area contributed by atoms with Crippen LogP contribution in [0.4, 0.5) is 0 Å². The third-order valence-corrected chi connectivity index (χ3v) is 2.71. The number of fused-ring (bicyclic) bond motifs is 1. The Morgan fingerprint density at radius 1 is 1.44 bits per heavy atom. The smallest absolute Gasteiger partial charge is 0.337 e. The summed E-state index contributed by atoms with van der Waals surface area (Å²) in [4.78, 5) is 18.4. The molecule has 2 rings (SSSR count). The average molecular weight is 250 g/mol. The number of carbonyl (C=O) groups is 1. The minimum absolute atomic E-state index is 0.420. The van der Waals surface area contributed by atoms with E-state index < -0.39 is 18.2 Å². The van der Waals surface area contributed by atoms with Gasteiger partial charge in [-0.3, -0.25) is 0 Å². The molecule has 0 aliphatic carbocycles. The highest BCUT2D eigenvalue weighted by atomic mass is 16.5. The van der Waals surface area contributed by atoms with E-state index in [1.54, 1.807) is 18.2 Å². The summed E-state index contributed by atoms with van der Waals surface area (Å²) in [6, 6.07) is 4.97. The van der Waals surface area contributed by atoms with Crippen molar-refractivity contribution in [3.8, 4) is 0 Å². The molecule has 2 unspecified atom stereocenters. The van der Waals surface area contributed by atoms with E-state index in [9.17, 15) is 15.0 Å². The van der Waals surface area contributed by atoms with E-state index in [4.69, 9.17) is 0 Å². The first-order chi connectivity index (χ1) is 8.52. The van der Waals surface area contributed by atoms with Crippen LogP contribution in [0.3, 0.4) is 0 Å². The lowest BCUT2D eigenvalue weighted by atomic mass is 10.0. The van der Waals surface area contributed by atoms with Crippen molar-refractivity contribution in [2.45, 2.75) is 19.1 Å². The highest BCUT2D eigenvalue weighted by molar-refractivity contribution is 5.78. The van der Waals surface area contributed by atoms with Crippen molar-refractivity contribution in [1.82, 2.24) is 9.97 Å². The molecule has 2 aromatic rings. The number of hydrogen-bond donors (Lipinski definition) is 3. The fourth-order valence-corrected chi connectivity index (χ4v) is 1.77. The van der Waals surface area contributed by atoms with E-state index in [1.165, 1.54) is 0 Å². The van der Waals surface area contributed by atoms with Crippen molar-refractivity contribution in [1.29, 1.82) is 0 Å². The van der Waals surface area contributed by atoms with Crippen molar-refractivity contribution in [3.05, 3.63) is 29.6 Å². The van der Waals surface area contributed by atoms with Crippen LogP contribution >= 0.6 is 0 Å². The van der Waals surface area contributed by atoms with Crippen molar-refractivity contribution in [3.63, 3.8) is 0 Å². The maximum Gasteiger partial charge on any atom is 0.337 e. The van der Waals surface area contributed by atoms with Crippen LogP contribution in [-0.2, 0) is 9.53 Å². The normalized spacial score (nSPS) is 14.4. The second-order valence-electron chi connectivity index (χ2n) is 4.01. The molecule has 0 aliphatic heterocycles. The molecule has 0 spiro atoms. The number of aryl methyl sites for hydroxylation is 1. The maximum absolute atomic E-state index is 11.1. The number of ether oxygens (including phenoxy) is 1. The second-order valence-corrected chi connectivity index (χ2v) is 4.01. The number of nitrogens with one attached hydrogen (secondary N) is 1. The van der Waals surface area contributed by atoms with E-state index in [0.29, 0.717) is 5.56 Å². The molecule has 6 heteroatoms. The molecule has 2 atom stereocenters. The maximum atomic E-state index is 11.1. The Balaban J connectivity index is 2.32. The largest absolute Gasteiger partial charge is 0.467 e. The molecule has 96 valence electrons. The molecular weight excluding hydrogens is 236 g/mol. The van der Waals surface area contributed by atoms with Crippen LogP contribution in [0.15, 0.2) is 18.2 Å². The number of esters is 1. The molecule has 3 N–H and O–H groups in total. The monoisotopic (exact) mass is 250 g/mol. The summed E-state index contributed by atoms with van der Waals surface area (Å²) in [5.41, 5.74) is 1.92. The lowest BCUT2D eigenvalue weighted by Gasteiger charge is -2.15. The lowest BCUT2D eigenvalue weighted by Crippen LogP contribution is -2.28. The van der Waals surface area contributed by atoms with Crippen LogP contribution in [-0.4, -0.2) is 39.4 Å². The zero-order valence-corrected chi connectivity index (χ0v) is 10.0. The molecule has 0 amide bonds. The van der Waals surface area contributed by atoms with E-state index in [2.05, 4.69) is 14.7 Å². The first-order valence-corrected chi connectivity index (χ1v) is 5.43. The summed E-state index contributed by atoms with van der Waals surface area (Å²) >= 11 is 0. The zero-order chi connectivity index (χ0) is 13.3. The Kier molecular flexibility index (Phi) is 3.31. The predicted molar refractivity (Wildman–Crippen MR) is 63.8 cm³/mol. The Bertz CT molecular complexity index is 578. The number of H-pyrrole nitrogens is 1. The number of imidazole rings is 1. The van der Waals surface area contributed by atoms with E-state index >= 15 is 0 Å². The summed E-state index contributed by atoms with van der Waals surface area (Å²) in [5.74, 6) is -0.117. The van der Waals surface area contributed by atoms with Crippen molar-refractivity contribution in [2.75, 3.05) is 7.11 Å². The molecule has 6 nitrogen and oxygen atoms in total. The number of nitrogens with zero attached hydrogens (tertiary/aromatic N) is 1. The van der Waals surface area contributed by atoms with Gasteiger partial charge in [0.2, 0.25) is 0 Å². The zero-order valence-electron chi connectivity index (χ0n) is 10.0. The highest BCUT2D eigenvalue weighted by Gasteiger charge is 2.26. The number of hydrogen-bond acceptors (Lipinski definition) is 5. The van der Waals surface area contributed by atoms with Crippen LogP contribution < -0.4 is 0 Å². The number of benzene rings is 1. The number of rotatable bonds is 3. The highest BCUT2D eigenvalue weighted by Crippen LogP contribution is 2.21. The van der Waals surface area contributed by atoms with Crippen LogP contribution in [0.1, 0.15) is 17.5 Å². The lowest BCUT2D eigenvalue weighted by molar-refractivity contribution is -0.156. The SMILES string of the molecule is COC(=O)C(O)C(O)c1ccc2nc(C)[nH]c2c1. The number of aliphatic hydroxyl groups is 2. The molecule has 0 bridgehead atoms. The molecular formula is C12H14N2O4. The molecule has 1 heterocycles. The molecule has 1 aromatic heterocycles. The van der Waals surface area contributed by atoms with Crippen LogP contribution in [0.25, 0.3) is 11.0 Å². The number of aromatic amines is 1. The van der Waals surface area contributed by atoms with Gasteiger partial charge in [0.1, 0.15) is 11.9 Å². The molecule has 18 heavy (non-hydrogen) atoms. The van der Waals surface area contributed by atoms with E-state index in [0.717, 1.165) is 24.0 Å². The van der Waals surface area contributed by atoms with Gasteiger partial charge in [-0.1, -0.05) is 6.07 Å². The van der Waals surface area contributed by atoms with Gasteiger partial charge in [0.05, 0.1) is 18.1 Å². The molecule has 0 aliphatic rings. The fourth-order valence-electron chi connectivity index (χ4n) is 1.77. The van der Waals surface area contributed by atoms with Gasteiger partial charge in [-0.15, -0.1) is 0 Å². The Labute approximate surface area is 103 Å². The fraction of sp³-hybridized carbons (Fsp3) is 0.333. The summed E-state index contributed by atoms with van der Waals surface area (Å²) in [6.07, 6.45) is -2.93. The molecule has 0 saturated carbocycles. The van der Waals surface area contributed by atoms with Gasteiger partial charge < -0.3 is 19.9 Å². The topological polar surface area (TPSA) is 95.4 Å². The third kappa shape index (κ3) is 2.20. The standard InChI is InChI=1S/C12H14N2O4/c1-6-13-8-4-3-7(5-9(8)14-6)10(15)11(16)12(17)18-2/h3-5,10-11,15-16H,1-2H3,(H,13,14). The Morgan fingerprint density at radius 3 is 2.83 bits per heavy atom. The van der Waals surface area contributed by atoms with Crippen LogP contribution in [0, 0.1) is 6.92 Å². The summed E-state index contributed by atoms with van der Waals surface area (Å²) in [7, 11) is 1.15. The first kappa shape index (κ1) is 12.5. The van der Waals surface area contributed by atoms with E-state index in [1.807, 2.05) is 6.92 Å². The number of methoxy groups -OCH3 is 1. The van der Waals surface area contributed by atoms with Gasteiger partial charge in [0.25, 0.3) is 0 Å². The van der Waals surface area contributed by atoms with Gasteiger partial charge in [-0.25, -0.2) is 9.78 Å². The minimum Gasteiger partial charge on any atom is -0.467 e. The Morgan fingerprint density at radius 2 is 2.17 bits per heavy atom. The predicted octanol–water partition coefficient (Wildman–Crippen LogP) is 0.439. The van der Waals surface area contributed by atoms with Crippen molar-refractivity contribution < 1.29 is 19.7 Å². The molecule has 0 radical (unpaired) electrons. The molecule has 1 aromatic carbocycles. The van der Waals surface area contributed by atoms with Gasteiger partial charge in [-0.05, 0) is 24.6 Å². The molecule has 0 saturated heterocycles. The third-order valence-electron chi connectivity index (χ3n) is 2.71. The van der Waals surface area contributed by atoms with Gasteiger partial charge in [0, 0.05) is 0 Å². The van der Waals surface area contributed by atoms with Crippen LogP contribution in [0.2, 0.25) is 0 Å². The summed E-state index contributed by atoms with van der Waals surface area (Å²) < 4.78 is 4.38. The number of aliphatic hydroxyl groups excluding tert-OH is 2. The van der Waals surface area contributed by atoms with E-state index in [-0.39, 0.29) is 0 Å². The molecule has 0 fully saturated rings. The quantitative estimate of drug-likeness (QED) is 0.687. The van der Waals surface area contributed by atoms with Crippen molar-refractivity contribution in [2.24, 2.45) is 0 Å². The average Bonchev–Trinajstić information content (AvgIpc) is 2.74. The van der Waals surface area contributed by atoms with Gasteiger partial charge >= 0.3 is 5.97 Å². The van der Waals surface area contributed by atoms with Crippen LogP contribution in [0.5, 0.6) is 0 Å².